The van der Waals surface area contributed by atoms with Gasteiger partial charge in [-0.25, -0.2) is 9.18 Å². The van der Waals surface area contributed by atoms with Gasteiger partial charge in [0, 0.05) is 5.56 Å². The Balaban J connectivity index is 0.000000730. The fraction of sp³-hybridized carbons (Fsp3) is 0.200. The van der Waals surface area contributed by atoms with Gasteiger partial charge < -0.3 is 5.11 Å². The van der Waals surface area contributed by atoms with Gasteiger partial charge in [-0.1, -0.05) is 39.8 Å². The van der Waals surface area contributed by atoms with Crippen LogP contribution >= 0.6 is 0 Å². The summed E-state index contributed by atoms with van der Waals surface area (Å²) in [6.07, 6.45) is 0. The van der Waals surface area contributed by atoms with Crippen molar-refractivity contribution in [3.05, 3.63) is 66.0 Å². The number of nitrogens with one attached hydrogen (secondary N) is 1. The van der Waals surface area contributed by atoms with Gasteiger partial charge in [0.05, 0.1) is 17.0 Å². The molecular formula is C20H23FN2O2. The van der Waals surface area contributed by atoms with Crippen molar-refractivity contribution in [1.29, 1.82) is 0 Å². The number of carbonyl (C=O) groups is 1. The van der Waals surface area contributed by atoms with Crippen molar-refractivity contribution in [3.63, 3.8) is 0 Å². The zero-order valence-corrected chi connectivity index (χ0v) is 14.9. The van der Waals surface area contributed by atoms with Crippen LogP contribution in [0.2, 0.25) is 0 Å². The van der Waals surface area contributed by atoms with Gasteiger partial charge in [0.15, 0.2) is 0 Å². The highest BCUT2D eigenvalue weighted by atomic mass is 19.1. The van der Waals surface area contributed by atoms with Gasteiger partial charge in [0.1, 0.15) is 5.82 Å². The highest BCUT2D eigenvalue weighted by molar-refractivity contribution is 5.88. The normalized spacial score (nSPS) is 9.32. The standard InChI is InChI=1S/C16H11FN2O2.2C2H6/c17-13-7-5-11(6-8-13)15-9-14(18-19-15)10-1-3-12(4-2-10)16(20)21;2*1-2/h1-9H,(H,18,19)(H,20,21);2*1-2H3. The molecule has 1 aromatic heterocycles. The van der Waals surface area contributed by atoms with Crippen molar-refractivity contribution in [2.75, 3.05) is 0 Å². The average Bonchev–Trinajstić information content (AvgIpc) is 3.16. The van der Waals surface area contributed by atoms with E-state index in [0.29, 0.717) is 5.69 Å². The highest BCUT2D eigenvalue weighted by Gasteiger charge is 2.07. The summed E-state index contributed by atoms with van der Waals surface area (Å²) in [5.41, 5.74) is 3.34. The van der Waals surface area contributed by atoms with Crippen LogP contribution in [0.3, 0.4) is 0 Å². The molecule has 0 saturated carbocycles. The smallest absolute Gasteiger partial charge is 0.335 e. The molecule has 0 aliphatic heterocycles. The molecule has 0 saturated heterocycles. The second-order valence-corrected chi connectivity index (χ2v) is 4.56. The Bertz CT molecular complexity index is 778. The van der Waals surface area contributed by atoms with E-state index in [-0.39, 0.29) is 11.4 Å². The molecule has 5 heteroatoms. The lowest BCUT2D eigenvalue weighted by Crippen LogP contribution is -1.94. The van der Waals surface area contributed by atoms with Gasteiger partial charge in [0.25, 0.3) is 0 Å². The molecule has 0 atom stereocenters. The summed E-state index contributed by atoms with van der Waals surface area (Å²) in [5.74, 6) is -1.25. The van der Waals surface area contributed by atoms with Crippen LogP contribution in [0, 0.1) is 5.82 Å². The van der Waals surface area contributed by atoms with Gasteiger partial charge in [0.2, 0.25) is 0 Å². The molecule has 4 nitrogen and oxygen atoms in total. The van der Waals surface area contributed by atoms with Crippen molar-refractivity contribution in [2.45, 2.75) is 27.7 Å². The number of H-pyrrole nitrogens is 1. The van der Waals surface area contributed by atoms with Gasteiger partial charge in [-0.2, -0.15) is 5.10 Å². The number of nitrogens with zero attached hydrogens (tertiary/aromatic N) is 1. The average molecular weight is 342 g/mol. The monoisotopic (exact) mass is 342 g/mol. The lowest BCUT2D eigenvalue weighted by molar-refractivity contribution is 0.0697. The first kappa shape index (κ1) is 20.1. The van der Waals surface area contributed by atoms with Crippen LogP contribution in [0.4, 0.5) is 4.39 Å². The third-order valence-electron chi connectivity index (χ3n) is 3.16. The van der Waals surface area contributed by atoms with E-state index in [1.54, 1.807) is 24.3 Å². The molecule has 1 heterocycles. The van der Waals surface area contributed by atoms with E-state index in [2.05, 4.69) is 10.2 Å². The highest BCUT2D eigenvalue weighted by Crippen LogP contribution is 2.24. The molecule has 0 spiro atoms. The molecule has 0 fully saturated rings. The van der Waals surface area contributed by atoms with Crippen LogP contribution in [0.15, 0.2) is 54.6 Å². The molecule has 2 aromatic carbocycles. The summed E-state index contributed by atoms with van der Waals surface area (Å²) < 4.78 is 12.9. The molecule has 0 radical (unpaired) electrons. The maximum atomic E-state index is 12.9. The predicted octanol–water partition coefficient (Wildman–Crippen LogP) is 5.63. The summed E-state index contributed by atoms with van der Waals surface area (Å²) in [4.78, 5) is 10.8. The number of benzene rings is 2. The van der Waals surface area contributed by atoms with Gasteiger partial charge in [-0.05, 0) is 48.0 Å². The number of aromatic amines is 1. The molecule has 132 valence electrons. The van der Waals surface area contributed by atoms with E-state index in [9.17, 15) is 9.18 Å². The minimum Gasteiger partial charge on any atom is -0.478 e. The van der Waals surface area contributed by atoms with Crippen LogP contribution in [0.1, 0.15) is 38.1 Å². The molecule has 3 aromatic rings. The van der Waals surface area contributed by atoms with E-state index in [4.69, 9.17) is 5.11 Å². The molecule has 3 rings (SSSR count). The quantitative estimate of drug-likeness (QED) is 0.648. The van der Waals surface area contributed by atoms with Crippen molar-refractivity contribution in [1.82, 2.24) is 10.2 Å². The largest absolute Gasteiger partial charge is 0.478 e. The summed E-state index contributed by atoms with van der Waals surface area (Å²) in [5, 5.41) is 16.0. The SMILES string of the molecule is CC.CC.O=C(O)c1ccc(-c2cc(-c3ccc(F)cc3)[nH]n2)cc1. The third kappa shape index (κ3) is 5.28. The third-order valence-corrected chi connectivity index (χ3v) is 3.16. The number of carboxylic acid groups (broad SMARTS) is 1. The zero-order chi connectivity index (χ0) is 18.8. The van der Waals surface area contributed by atoms with Gasteiger partial charge in [-0.3, -0.25) is 5.10 Å². The molecule has 0 aliphatic rings. The maximum absolute atomic E-state index is 12.9. The second kappa shape index (κ2) is 10.0. The van der Waals surface area contributed by atoms with Crippen LogP contribution in [-0.2, 0) is 0 Å². The minimum atomic E-state index is -0.962. The first-order valence-electron chi connectivity index (χ1n) is 8.28. The number of hydrogen-bond acceptors (Lipinski definition) is 2. The van der Waals surface area contributed by atoms with Gasteiger partial charge in [-0.15, -0.1) is 0 Å². The second-order valence-electron chi connectivity index (χ2n) is 4.56. The van der Waals surface area contributed by atoms with E-state index >= 15 is 0 Å². The lowest BCUT2D eigenvalue weighted by Gasteiger charge is -1.97. The fourth-order valence-corrected chi connectivity index (χ4v) is 2.03. The summed E-state index contributed by atoms with van der Waals surface area (Å²) >= 11 is 0. The van der Waals surface area contributed by atoms with Crippen molar-refractivity contribution in [2.24, 2.45) is 0 Å². The van der Waals surface area contributed by atoms with E-state index in [1.165, 1.54) is 24.3 Å². The summed E-state index contributed by atoms with van der Waals surface area (Å²) in [7, 11) is 0. The van der Waals surface area contributed by atoms with Crippen LogP contribution in [-0.4, -0.2) is 21.3 Å². The minimum absolute atomic E-state index is 0.230. The molecule has 0 unspecified atom stereocenters. The molecule has 0 bridgehead atoms. The Morgan fingerprint density at radius 3 is 1.96 bits per heavy atom. The number of rotatable bonds is 3. The summed E-state index contributed by atoms with van der Waals surface area (Å²) in [6.45, 7) is 8.00. The van der Waals surface area contributed by atoms with E-state index in [0.717, 1.165) is 16.8 Å². The first-order valence-corrected chi connectivity index (χ1v) is 8.28. The lowest BCUT2D eigenvalue weighted by atomic mass is 10.1. The number of halogens is 1. The molecule has 0 amide bonds. The number of aromatic nitrogens is 2. The van der Waals surface area contributed by atoms with Crippen LogP contribution in [0.25, 0.3) is 22.5 Å². The van der Waals surface area contributed by atoms with Crippen LogP contribution in [0.5, 0.6) is 0 Å². The van der Waals surface area contributed by atoms with Crippen molar-refractivity contribution >= 4 is 5.97 Å². The zero-order valence-electron chi connectivity index (χ0n) is 14.9. The fourth-order valence-electron chi connectivity index (χ4n) is 2.03. The topological polar surface area (TPSA) is 66.0 Å². The molecule has 0 aliphatic carbocycles. The van der Waals surface area contributed by atoms with Crippen molar-refractivity contribution < 1.29 is 14.3 Å². The Morgan fingerprint density at radius 2 is 1.44 bits per heavy atom. The van der Waals surface area contributed by atoms with E-state index in [1.807, 2.05) is 33.8 Å². The Labute approximate surface area is 147 Å². The Kier molecular flexibility index (Phi) is 8.06. The van der Waals surface area contributed by atoms with E-state index < -0.39 is 5.97 Å². The number of hydrogen-bond donors (Lipinski definition) is 2. The predicted molar refractivity (Wildman–Crippen MR) is 99.1 cm³/mol. The Morgan fingerprint density at radius 1 is 0.920 bits per heavy atom. The number of aromatic carboxylic acids is 1. The first-order chi connectivity index (χ1) is 12.1. The molecular weight excluding hydrogens is 319 g/mol. The summed E-state index contributed by atoms with van der Waals surface area (Å²) in [6, 6.07) is 14.4. The van der Waals surface area contributed by atoms with Crippen molar-refractivity contribution in [3.8, 4) is 22.5 Å². The maximum Gasteiger partial charge on any atom is 0.335 e. The number of carboxylic acids is 1. The molecule has 25 heavy (non-hydrogen) atoms. The molecule has 2 N–H and O–H groups in total. The Hall–Kier alpha value is -2.95. The van der Waals surface area contributed by atoms with Crippen LogP contribution < -0.4 is 0 Å². The van der Waals surface area contributed by atoms with Gasteiger partial charge >= 0.3 is 5.97 Å².